The lowest BCUT2D eigenvalue weighted by atomic mass is 10.2. The molecular weight excluding hydrogens is 250 g/mol. The van der Waals surface area contributed by atoms with Crippen LogP contribution in [0.15, 0.2) is 24.3 Å². The van der Waals surface area contributed by atoms with Crippen molar-refractivity contribution < 1.29 is 4.79 Å². The summed E-state index contributed by atoms with van der Waals surface area (Å²) in [5.74, 6) is 0.0749. The van der Waals surface area contributed by atoms with Crippen LogP contribution in [-0.2, 0) is 11.3 Å². The molecule has 1 atom stereocenters. The van der Waals surface area contributed by atoms with Gasteiger partial charge in [0.05, 0.1) is 6.04 Å². The number of amides is 1. The molecule has 0 saturated heterocycles. The van der Waals surface area contributed by atoms with Crippen molar-refractivity contribution in [2.24, 2.45) is 5.73 Å². The van der Waals surface area contributed by atoms with Crippen LogP contribution >= 0.6 is 0 Å². The summed E-state index contributed by atoms with van der Waals surface area (Å²) in [6.07, 6.45) is 3.53. The fraction of sp³-hybridized carbons (Fsp3) is 0.562. The fourth-order valence-corrected chi connectivity index (χ4v) is 2.48. The third-order valence-corrected chi connectivity index (χ3v) is 3.83. The van der Waals surface area contributed by atoms with Gasteiger partial charge in [-0.1, -0.05) is 19.1 Å². The lowest BCUT2D eigenvalue weighted by Gasteiger charge is -2.27. The van der Waals surface area contributed by atoms with Crippen LogP contribution in [0.3, 0.4) is 0 Å². The highest BCUT2D eigenvalue weighted by atomic mass is 16.2. The van der Waals surface area contributed by atoms with Crippen molar-refractivity contribution in [2.45, 2.75) is 51.7 Å². The molecule has 0 aromatic heterocycles. The number of hydrogen-bond acceptors (Lipinski definition) is 3. The molecule has 4 heteroatoms. The Morgan fingerprint density at radius 2 is 2.05 bits per heavy atom. The first-order chi connectivity index (χ1) is 9.65. The minimum Gasteiger partial charge on any atom is -0.326 e. The molecule has 4 nitrogen and oxygen atoms in total. The fourth-order valence-electron chi connectivity index (χ4n) is 2.48. The Bertz CT molecular complexity index is 440. The molecule has 1 aliphatic rings. The number of rotatable bonds is 7. The quantitative estimate of drug-likeness (QED) is 0.803. The van der Waals surface area contributed by atoms with Gasteiger partial charge in [-0.15, -0.1) is 0 Å². The van der Waals surface area contributed by atoms with E-state index in [-0.39, 0.29) is 11.9 Å². The Balaban J connectivity index is 1.95. The molecule has 0 aliphatic heterocycles. The molecule has 1 aromatic rings. The topological polar surface area (TPSA) is 58.4 Å². The van der Waals surface area contributed by atoms with Gasteiger partial charge in [0.1, 0.15) is 0 Å². The van der Waals surface area contributed by atoms with E-state index in [1.807, 2.05) is 31.2 Å². The van der Waals surface area contributed by atoms with E-state index in [1.165, 1.54) is 12.8 Å². The number of hydrogen-bond donors (Lipinski definition) is 2. The first-order valence-corrected chi connectivity index (χ1v) is 7.51. The van der Waals surface area contributed by atoms with Gasteiger partial charge in [-0.05, 0) is 50.4 Å². The second-order valence-corrected chi connectivity index (χ2v) is 5.54. The van der Waals surface area contributed by atoms with Crippen LogP contribution in [0.25, 0.3) is 0 Å². The van der Waals surface area contributed by atoms with E-state index in [9.17, 15) is 4.79 Å². The van der Waals surface area contributed by atoms with Gasteiger partial charge >= 0.3 is 0 Å². The molecule has 1 amide bonds. The molecule has 0 bridgehead atoms. The van der Waals surface area contributed by atoms with Crippen molar-refractivity contribution in [1.82, 2.24) is 4.90 Å². The predicted octanol–water partition coefficient (Wildman–Crippen LogP) is 2.35. The Kier molecular flexibility index (Phi) is 5.15. The van der Waals surface area contributed by atoms with Crippen molar-refractivity contribution in [3.63, 3.8) is 0 Å². The zero-order valence-electron chi connectivity index (χ0n) is 12.4. The normalized spacial score (nSPS) is 16.2. The summed E-state index contributed by atoms with van der Waals surface area (Å²) in [4.78, 5) is 14.7. The maximum atomic E-state index is 12.3. The average Bonchev–Trinajstić information content (AvgIpc) is 3.29. The van der Waals surface area contributed by atoms with Crippen LogP contribution in [0, 0.1) is 0 Å². The highest BCUT2D eigenvalue weighted by molar-refractivity contribution is 5.94. The Morgan fingerprint density at radius 1 is 1.40 bits per heavy atom. The molecule has 3 N–H and O–H groups in total. The van der Waals surface area contributed by atoms with E-state index in [2.05, 4.69) is 17.1 Å². The number of nitrogens with two attached hydrogens (primary N) is 1. The number of anilines is 1. The van der Waals surface area contributed by atoms with E-state index < -0.39 is 0 Å². The first kappa shape index (κ1) is 15.0. The molecule has 0 radical (unpaired) electrons. The average molecular weight is 275 g/mol. The summed E-state index contributed by atoms with van der Waals surface area (Å²) < 4.78 is 0. The number of benzene rings is 1. The Hall–Kier alpha value is -1.39. The predicted molar refractivity (Wildman–Crippen MR) is 82.4 cm³/mol. The summed E-state index contributed by atoms with van der Waals surface area (Å²) >= 11 is 0. The van der Waals surface area contributed by atoms with Crippen molar-refractivity contribution in [1.29, 1.82) is 0 Å². The van der Waals surface area contributed by atoms with Gasteiger partial charge in [-0.2, -0.15) is 0 Å². The zero-order valence-corrected chi connectivity index (χ0v) is 12.4. The molecule has 110 valence electrons. The third-order valence-electron chi connectivity index (χ3n) is 3.83. The van der Waals surface area contributed by atoms with Gasteiger partial charge in [0.15, 0.2) is 0 Å². The third kappa shape index (κ3) is 3.81. The molecule has 1 fully saturated rings. The SMILES string of the molecule is CCCN(C1CC1)C(C)C(=O)Nc1ccc(CN)cc1. The zero-order chi connectivity index (χ0) is 14.5. The van der Waals surface area contributed by atoms with Crippen molar-refractivity contribution in [3.05, 3.63) is 29.8 Å². The second kappa shape index (κ2) is 6.86. The molecule has 1 aliphatic carbocycles. The minimum absolute atomic E-state index is 0.0726. The van der Waals surface area contributed by atoms with Crippen LogP contribution < -0.4 is 11.1 Å². The Morgan fingerprint density at radius 3 is 2.55 bits per heavy atom. The largest absolute Gasteiger partial charge is 0.326 e. The lowest BCUT2D eigenvalue weighted by molar-refractivity contribution is -0.121. The van der Waals surface area contributed by atoms with Crippen molar-refractivity contribution in [2.75, 3.05) is 11.9 Å². The molecule has 1 saturated carbocycles. The van der Waals surface area contributed by atoms with Crippen molar-refractivity contribution >= 4 is 11.6 Å². The summed E-state index contributed by atoms with van der Waals surface area (Å²) in [5.41, 5.74) is 7.48. The van der Waals surface area contributed by atoms with E-state index in [4.69, 9.17) is 5.73 Å². The molecule has 1 unspecified atom stereocenters. The van der Waals surface area contributed by atoms with E-state index in [0.717, 1.165) is 24.2 Å². The van der Waals surface area contributed by atoms with Crippen LogP contribution in [-0.4, -0.2) is 29.4 Å². The number of nitrogens with one attached hydrogen (secondary N) is 1. The second-order valence-electron chi connectivity index (χ2n) is 5.54. The van der Waals surface area contributed by atoms with Gasteiger partial charge in [-0.25, -0.2) is 0 Å². The number of carbonyl (C=O) groups excluding carboxylic acids is 1. The smallest absolute Gasteiger partial charge is 0.241 e. The minimum atomic E-state index is -0.0726. The highest BCUT2D eigenvalue weighted by Gasteiger charge is 2.34. The highest BCUT2D eigenvalue weighted by Crippen LogP contribution is 2.29. The monoisotopic (exact) mass is 275 g/mol. The summed E-state index contributed by atoms with van der Waals surface area (Å²) in [6.45, 7) is 5.67. The molecule has 0 spiro atoms. The Labute approximate surface area is 121 Å². The van der Waals surface area contributed by atoms with Gasteiger partial charge in [0.25, 0.3) is 0 Å². The van der Waals surface area contributed by atoms with Crippen LogP contribution in [0.2, 0.25) is 0 Å². The van der Waals surface area contributed by atoms with E-state index in [1.54, 1.807) is 0 Å². The van der Waals surface area contributed by atoms with Crippen molar-refractivity contribution in [3.8, 4) is 0 Å². The van der Waals surface area contributed by atoms with Gasteiger partial charge < -0.3 is 11.1 Å². The lowest BCUT2D eigenvalue weighted by Crippen LogP contribution is -2.43. The van der Waals surface area contributed by atoms with E-state index >= 15 is 0 Å². The molecular formula is C16H25N3O. The molecule has 1 aromatic carbocycles. The van der Waals surface area contributed by atoms with Crippen LogP contribution in [0.5, 0.6) is 0 Å². The maximum absolute atomic E-state index is 12.3. The molecule has 0 heterocycles. The molecule has 2 rings (SSSR count). The summed E-state index contributed by atoms with van der Waals surface area (Å²) in [7, 11) is 0. The number of carbonyl (C=O) groups is 1. The first-order valence-electron chi connectivity index (χ1n) is 7.51. The molecule has 20 heavy (non-hydrogen) atoms. The number of nitrogens with zero attached hydrogens (tertiary/aromatic N) is 1. The summed E-state index contributed by atoms with van der Waals surface area (Å²) in [5, 5.41) is 2.99. The van der Waals surface area contributed by atoms with Gasteiger partial charge in [0.2, 0.25) is 5.91 Å². The van der Waals surface area contributed by atoms with Gasteiger partial charge in [-0.3, -0.25) is 9.69 Å². The van der Waals surface area contributed by atoms with E-state index in [0.29, 0.717) is 12.6 Å². The summed E-state index contributed by atoms with van der Waals surface area (Å²) in [6, 6.07) is 8.25. The standard InChI is InChI=1S/C16H25N3O/c1-3-10-19(15-8-9-15)12(2)16(20)18-14-6-4-13(11-17)5-7-14/h4-7,12,15H,3,8-11,17H2,1-2H3,(H,18,20). The van der Waals surface area contributed by atoms with Crippen LogP contribution in [0.1, 0.15) is 38.7 Å². The maximum Gasteiger partial charge on any atom is 0.241 e. The van der Waals surface area contributed by atoms with Gasteiger partial charge in [0, 0.05) is 18.3 Å². The van der Waals surface area contributed by atoms with Crippen LogP contribution in [0.4, 0.5) is 5.69 Å².